The molecule has 1 atom stereocenters. The number of rotatable bonds is 20. The lowest BCUT2D eigenvalue weighted by Gasteiger charge is -2.13. The average Bonchev–Trinajstić information content (AvgIpc) is 2.67. The molecule has 0 unspecified atom stereocenters. The van der Waals surface area contributed by atoms with Gasteiger partial charge in [-0.3, -0.25) is 9.59 Å². The van der Waals surface area contributed by atoms with Crippen molar-refractivity contribution in [3.63, 3.8) is 0 Å². The molecule has 168 valence electrons. The summed E-state index contributed by atoms with van der Waals surface area (Å²) < 4.78 is 0. The van der Waals surface area contributed by atoms with E-state index in [4.69, 9.17) is 10.8 Å². The van der Waals surface area contributed by atoms with E-state index in [1.807, 2.05) is 0 Å². The van der Waals surface area contributed by atoms with Gasteiger partial charge in [-0.05, 0) is 38.5 Å². The molecule has 0 spiro atoms. The molecular formula is C23H42N2O4. The average molecular weight is 411 g/mol. The third-order valence-electron chi connectivity index (χ3n) is 4.98. The van der Waals surface area contributed by atoms with Gasteiger partial charge in [-0.1, -0.05) is 70.4 Å². The molecule has 29 heavy (non-hydrogen) atoms. The Hall–Kier alpha value is -1.85. The molecule has 0 heterocycles. The normalized spacial score (nSPS) is 12.2. The van der Waals surface area contributed by atoms with Crippen molar-refractivity contribution in [2.75, 3.05) is 0 Å². The van der Waals surface area contributed by atoms with E-state index in [1.54, 1.807) is 0 Å². The number of nitrogens with two attached hydrogens (primary N) is 1. The second-order valence-electron chi connectivity index (χ2n) is 7.80. The lowest BCUT2D eigenvalue weighted by Crippen LogP contribution is -2.41. The highest BCUT2D eigenvalue weighted by Crippen LogP contribution is 2.10. The fourth-order valence-corrected chi connectivity index (χ4v) is 3.17. The molecule has 0 aliphatic rings. The predicted octanol–water partition coefficient (Wildman–Crippen LogP) is 4.86. The van der Waals surface area contributed by atoms with Crippen molar-refractivity contribution < 1.29 is 19.5 Å². The molecule has 0 bridgehead atoms. The molecule has 0 saturated heterocycles. The van der Waals surface area contributed by atoms with E-state index < -0.39 is 17.9 Å². The molecule has 2 amide bonds. The van der Waals surface area contributed by atoms with E-state index >= 15 is 0 Å². The fraction of sp³-hybridized carbons (Fsp3) is 0.783. The number of carbonyl (C=O) groups excluding carboxylic acids is 2. The maximum absolute atomic E-state index is 11.8. The quantitative estimate of drug-likeness (QED) is 0.197. The number of carboxylic acid groups (broad SMARTS) is 1. The van der Waals surface area contributed by atoms with Gasteiger partial charge in [0.15, 0.2) is 0 Å². The van der Waals surface area contributed by atoms with Crippen LogP contribution >= 0.6 is 0 Å². The summed E-state index contributed by atoms with van der Waals surface area (Å²) in [5.41, 5.74) is 5.02. The van der Waals surface area contributed by atoms with Gasteiger partial charge in [0.1, 0.15) is 6.04 Å². The predicted molar refractivity (Wildman–Crippen MR) is 117 cm³/mol. The molecule has 0 aromatic carbocycles. The second-order valence-corrected chi connectivity index (χ2v) is 7.80. The zero-order chi connectivity index (χ0) is 21.7. The van der Waals surface area contributed by atoms with Gasteiger partial charge in [0, 0.05) is 12.8 Å². The van der Waals surface area contributed by atoms with Crippen molar-refractivity contribution in [2.24, 2.45) is 5.73 Å². The lowest BCUT2D eigenvalue weighted by atomic mass is 10.1. The largest absolute Gasteiger partial charge is 0.480 e. The van der Waals surface area contributed by atoms with Crippen molar-refractivity contribution in [1.29, 1.82) is 0 Å². The minimum atomic E-state index is -1.14. The molecule has 0 rings (SSSR count). The molecule has 0 radical (unpaired) electrons. The van der Waals surface area contributed by atoms with Crippen LogP contribution in [-0.4, -0.2) is 28.9 Å². The number of primary amides is 1. The maximum atomic E-state index is 11.8. The second kappa shape index (κ2) is 19.5. The third-order valence-corrected chi connectivity index (χ3v) is 4.98. The summed E-state index contributed by atoms with van der Waals surface area (Å²) in [6, 6.07) is -1.04. The van der Waals surface area contributed by atoms with Crippen molar-refractivity contribution in [2.45, 2.75) is 116 Å². The number of hydrogen-bond acceptors (Lipinski definition) is 3. The molecule has 0 aromatic heterocycles. The topological polar surface area (TPSA) is 109 Å². The Labute approximate surface area is 176 Å². The molecule has 0 aromatic rings. The van der Waals surface area contributed by atoms with Gasteiger partial charge in [0.2, 0.25) is 11.8 Å². The van der Waals surface area contributed by atoms with Crippen LogP contribution in [0.15, 0.2) is 12.2 Å². The van der Waals surface area contributed by atoms with E-state index in [1.165, 1.54) is 51.4 Å². The first kappa shape index (κ1) is 27.1. The molecule has 6 heteroatoms. The molecule has 6 nitrogen and oxygen atoms in total. The van der Waals surface area contributed by atoms with Crippen LogP contribution in [0.3, 0.4) is 0 Å². The number of unbranched alkanes of at least 4 members (excludes halogenated alkanes) is 11. The third kappa shape index (κ3) is 19.2. The van der Waals surface area contributed by atoms with Crippen LogP contribution in [0.1, 0.15) is 110 Å². The number of carbonyl (C=O) groups is 3. The minimum Gasteiger partial charge on any atom is -0.480 e. The molecule has 4 N–H and O–H groups in total. The summed E-state index contributed by atoms with van der Waals surface area (Å²) in [5.74, 6) is -1.98. The lowest BCUT2D eigenvalue weighted by molar-refractivity contribution is -0.142. The van der Waals surface area contributed by atoms with Crippen LogP contribution in [0.4, 0.5) is 0 Å². The summed E-state index contributed by atoms with van der Waals surface area (Å²) in [5, 5.41) is 11.5. The summed E-state index contributed by atoms with van der Waals surface area (Å²) in [4.78, 5) is 33.7. The summed E-state index contributed by atoms with van der Waals surface area (Å²) >= 11 is 0. The van der Waals surface area contributed by atoms with E-state index in [9.17, 15) is 14.4 Å². The van der Waals surface area contributed by atoms with Crippen LogP contribution in [-0.2, 0) is 14.4 Å². The van der Waals surface area contributed by atoms with Crippen molar-refractivity contribution in [3.05, 3.63) is 12.2 Å². The Kier molecular flexibility index (Phi) is 18.2. The molecule has 0 fully saturated rings. The van der Waals surface area contributed by atoms with Gasteiger partial charge in [-0.15, -0.1) is 0 Å². The Morgan fingerprint density at radius 2 is 1.34 bits per heavy atom. The zero-order valence-electron chi connectivity index (χ0n) is 18.3. The van der Waals surface area contributed by atoms with Crippen LogP contribution in [0.25, 0.3) is 0 Å². The number of amides is 2. The first-order chi connectivity index (χ1) is 14.0. The van der Waals surface area contributed by atoms with Crippen LogP contribution < -0.4 is 11.1 Å². The highest BCUT2D eigenvalue weighted by Gasteiger charge is 2.20. The van der Waals surface area contributed by atoms with Gasteiger partial charge < -0.3 is 16.2 Å². The molecule has 0 saturated carbocycles. The fourth-order valence-electron chi connectivity index (χ4n) is 3.17. The zero-order valence-corrected chi connectivity index (χ0v) is 18.3. The van der Waals surface area contributed by atoms with Crippen LogP contribution in [0.2, 0.25) is 0 Å². The maximum Gasteiger partial charge on any atom is 0.326 e. The van der Waals surface area contributed by atoms with E-state index in [2.05, 4.69) is 24.4 Å². The number of hydrogen-bond donors (Lipinski definition) is 3. The number of carboxylic acids is 1. The van der Waals surface area contributed by atoms with Crippen LogP contribution in [0, 0.1) is 0 Å². The van der Waals surface area contributed by atoms with Gasteiger partial charge in [-0.25, -0.2) is 4.79 Å². The first-order valence-corrected chi connectivity index (χ1v) is 11.4. The van der Waals surface area contributed by atoms with Gasteiger partial charge in [-0.2, -0.15) is 0 Å². The SMILES string of the molecule is CCCCCCCCC=CCCCCCCCC(=O)N[C@@H](CCC(N)=O)C(=O)O. The van der Waals surface area contributed by atoms with Crippen molar-refractivity contribution in [1.82, 2.24) is 5.32 Å². The Bertz CT molecular complexity index is 477. The van der Waals surface area contributed by atoms with Gasteiger partial charge in [0.05, 0.1) is 0 Å². The van der Waals surface area contributed by atoms with Gasteiger partial charge in [0.25, 0.3) is 0 Å². The summed E-state index contributed by atoms with van der Waals surface area (Å²) in [7, 11) is 0. The number of allylic oxidation sites excluding steroid dienone is 2. The highest BCUT2D eigenvalue weighted by atomic mass is 16.4. The Balaban J connectivity index is 3.54. The number of nitrogens with one attached hydrogen (secondary N) is 1. The summed E-state index contributed by atoms with van der Waals surface area (Å²) in [6.45, 7) is 2.24. The number of aliphatic carboxylic acids is 1. The van der Waals surface area contributed by atoms with Crippen molar-refractivity contribution >= 4 is 17.8 Å². The van der Waals surface area contributed by atoms with Gasteiger partial charge >= 0.3 is 5.97 Å². The molecule has 0 aliphatic carbocycles. The van der Waals surface area contributed by atoms with E-state index in [0.717, 1.165) is 32.1 Å². The van der Waals surface area contributed by atoms with E-state index in [-0.39, 0.29) is 18.7 Å². The molecule has 0 aliphatic heterocycles. The van der Waals surface area contributed by atoms with Crippen molar-refractivity contribution in [3.8, 4) is 0 Å². The summed E-state index contributed by atoms with van der Waals surface area (Å²) in [6.07, 6.45) is 20.4. The Morgan fingerprint density at radius 3 is 1.86 bits per heavy atom. The standard InChI is InChI=1S/C23H42N2O4/c1-2-3-4-5-6-7-8-9-10-11-12-13-14-15-16-17-22(27)25-20(23(28)29)18-19-21(24)26/h9-10,20H,2-8,11-19H2,1H3,(H2,24,26)(H,25,27)(H,28,29)/t20-/m0/s1. The highest BCUT2D eigenvalue weighted by molar-refractivity contribution is 5.84. The van der Waals surface area contributed by atoms with E-state index in [0.29, 0.717) is 6.42 Å². The Morgan fingerprint density at radius 1 is 0.828 bits per heavy atom. The molecular weight excluding hydrogens is 368 g/mol. The first-order valence-electron chi connectivity index (χ1n) is 11.4. The minimum absolute atomic E-state index is 0.0305. The monoisotopic (exact) mass is 410 g/mol. The smallest absolute Gasteiger partial charge is 0.326 e. The van der Waals surface area contributed by atoms with Crippen LogP contribution in [0.5, 0.6) is 0 Å².